The molecule has 2 aromatic rings. The molecule has 0 atom stereocenters. The lowest BCUT2D eigenvalue weighted by Crippen LogP contribution is -2.39. The minimum Gasteiger partial charge on any atom is -0.390 e. The standard InChI is InChI=1S/C22H31N3O2/c1-17-14-23-25(15-17)16-19-8-11-24(12-9-19)21(26)20-6-4-5-18(13-20)7-10-22(2,3)27/h4-6,13-15,19,27H,7-12,16H2,1-3H3. The van der Waals surface area contributed by atoms with Crippen LogP contribution in [0.4, 0.5) is 0 Å². The molecule has 27 heavy (non-hydrogen) atoms. The Hall–Kier alpha value is -2.14. The van der Waals surface area contributed by atoms with Gasteiger partial charge in [0.1, 0.15) is 0 Å². The van der Waals surface area contributed by atoms with Gasteiger partial charge in [-0.2, -0.15) is 5.10 Å². The highest BCUT2D eigenvalue weighted by molar-refractivity contribution is 5.94. The lowest BCUT2D eigenvalue weighted by Gasteiger charge is -2.32. The molecule has 1 N–H and O–H groups in total. The van der Waals surface area contributed by atoms with Crippen molar-refractivity contribution in [1.29, 1.82) is 0 Å². The molecule has 0 aliphatic carbocycles. The predicted octanol–water partition coefficient (Wildman–Crippen LogP) is 3.45. The Morgan fingerprint density at radius 1 is 1.30 bits per heavy atom. The van der Waals surface area contributed by atoms with Crippen LogP contribution < -0.4 is 0 Å². The van der Waals surface area contributed by atoms with Crippen LogP contribution in [-0.4, -0.2) is 44.4 Å². The van der Waals surface area contributed by atoms with Gasteiger partial charge in [-0.15, -0.1) is 0 Å². The van der Waals surface area contributed by atoms with Crippen LogP contribution in [0.25, 0.3) is 0 Å². The zero-order valence-corrected chi connectivity index (χ0v) is 16.7. The minimum atomic E-state index is -0.686. The smallest absolute Gasteiger partial charge is 0.253 e. The van der Waals surface area contributed by atoms with E-state index in [0.29, 0.717) is 12.3 Å². The summed E-state index contributed by atoms with van der Waals surface area (Å²) in [4.78, 5) is 14.9. The van der Waals surface area contributed by atoms with E-state index in [4.69, 9.17) is 0 Å². The van der Waals surface area contributed by atoms with Crippen molar-refractivity contribution in [2.45, 2.75) is 58.6 Å². The van der Waals surface area contributed by atoms with Crippen LogP contribution in [0.5, 0.6) is 0 Å². The molecule has 0 unspecified atom stereocenters. The van der Waals surface area contributed by atoms with Crippen molar-refractivity contribution in [1.82, 2.24) is 14.7 Å². The van der Waals surface area contributed by atoms with Gasteiger partial charge in [-0.1, -0.05) is 12.1 Å². The number of rotatable bonds is 6. The number of aliphatic hydroxyl groups is 1. The van der Waals surface area contributed by atoms with E-state index in [2.05, 4.69) is 18.2 Å². The van der Waals surface area contributed by atoms with E-state index in [1.807, 2.05) is 53.9 Å². The summed E-state index contributed by atoms with van der Waals surface area (Å²) in [5.41, 5.74) is 2.36. The summed E-state index contributed by atoms with van der Waals surface area (Å²) in [5.74, 6) is 0.694. The molecule has 0 saturated carbocycles. The fourth-order valence-corrected chi connectivity index (χ4v) is 3.64. The number of hydrogen-bond donors (Lipinski definition) is 1. The van der Waals surface area contributed by atoms with E-state index < -0.39 is 5.60 Å². The third-order valence-corrected chi connectivity index (χ3v) is 5.31. The number of nitrogens with zero attached hydrogens (tertiary/aromatic N) is 3. The number of likely N-dealkylation sites (tertiary alicyclic amines) is 1. The second kappa shape index (κ2) is 8.26. The topological polar surface area (TPSA) is 58.4 Å². The molecule has 5 nitrogen and oxygen atoms in total. The SMILES string of the molecule is Cc1cnn(CC2CCN(C(=O)c3cccc(CCC(C)(C)O)c3)CC2)c1. The molecule has 1 aliphatic rings. The van der Waals surface area contributed by atoms with Gasteiger partial charge in [-0.05, 0) is 75.6 Å². The summed E-state index contributed by atoms with van der Waals surface area (Å²) in [6.45, 7) is 8.23. The van der Waals surface area contributed by atoms with E-state index in [1.54, 1.807) is 0 Å². The van der Waals surface area contributed by atoms with Crippen molar-refractivity contribution in [3.63, 3.8) is 0 Å². The average Bonchev–Trinajstić information content (AvgIpc) is 3.04. The van der Waals surface area contributed by atoms with Crippen molar-refractivity contribution in [2.24, 2.45) is 5.92 Å². The Bertz CT molecular complexity index is 768. The third-order valence-electron chi connectivity index (χ3n) is 5.31. The maximum absolute atomic E-state index is 12.9. The van der Waals surface area contributed by atoms with Crippen LogP contribution in [0.3, 0.4) is 0 Å². The number of aryl methyl sites for hydroxylation is 2. The van der Waals surface area contributed by atoms with Crippen molar-refractivity contribution in [3.05, 3.63) is 53.3 Å². The molecule has 2 heterocycles. The minimum absolute atomic E-state index is 0.119. The zero-order valence-electron chi connectivity index (χ0n) is 16.7. The highest BCUT2D eigenvalue weighted by Crippen LogP contribution is 2.21. The fourth-order valence-electron chi connectivity index (χ4n) is 3.64. The molecule has 1 aliphatic heterocycles. The van der Waals surface area contributed by atoms with Gasteiger partial charge in [-0.3, -0.25) is 9.48 Å². The van der Waals surface area contributed by atoms with E-state index in [0.717, 1.165) is 50.0 Å². The molecule has 1 fully saturated rings. The third kappa shape index (κ3) is 5.67. The molecule has 5 heteroatoms. The number of hydrogen-bond acceptors (Lipinski definition) is 3. The monoisotopic (exact) mass is 369 g/mol. The van der Waals surface area contributed by atoms with Gasteiger partial charge in [-0.25, -0.2) is 0 Å². The summed E-state index contributed by atoms with van der Waals surface area (Å²) >= 11 is 0. The average molecular weight is 370 g/mol. The first-order valence-electron chi connectivity index (χ1n) is 9.90. The molecule has 0 radical (unpaired) electrons. The Kier molecular flexibility index (Phi) is 6.00. The van der Waals surface area contributed by atoms with Gasteiger partial charge in [0.15, 0.2) is 0 Å². The molecule has 3 rings (SSSR count). The van der Waals surface area contributed by atoms with Crippen molar-refractivity contribution in [2.75, 3.05) is 13.1 Å². The predicted molar refractivity (Wildman–Crippen MR) is 107 cm³/mol. The molecule has 0 bridgehead atoms. The van der Waals surface area contributed by atoms with Gasteiger partial charge in [0, 0.05) is 31.4 Å². The maximum atomic E-state index is 12.9. The Balaban J connectivity index is 1.54. The lowest BCUT2D eigenvalue weighted by atomic mass is 9.95. The van der Waals surface area contributed by atoms with Gasteiger partial charge in [0.2, 0.25) is 0 Å². The first-order chi connectivity index (χ1) is 12.8. The van der Waals surface area contributed by atoms with Crippen LogP contribution in [0.15, 0.2) is 36.7 Å². The van der Waals surface area contributed by atoms with E-state index in [1.165, 1.54) is 5.56 Å². The second-order valence-electron chi connectivity index (χ2n) is 8.49. The Labute approximate surface area is 162 Å². The summed E-state index contributed by atoms with van der Waals surface area (Å²) in [6, 6.07) is 7.85. The van der Waals surface area contributed by atoms with Gasteiger partial charge >= 0.3 is 0 Å². The molecule has 1 aromatic heterocycles. The van der Waals surface area contributed by atoms with Crippen molar-refractivity contribution in [3.8, 4) is 0 Å². The molecule has 1 saturated heterocycles. The first kappa shape index (κ1) is 19.6. The van der Waals surface area contributed by atoms with Gasteiger partial charge < -0.3 is 10.0 Å². The number of piperidine rings is 1. The molecular formula is C22H31N3O2. The quantitative estimate of drug-likeness (QED) is 0.848. The number of amides is 1. The fraction of sp³-hybridized carbons (Fsp3) is 0.545. The van der Waals surface area contributed by atoms with E-state index in [-0.39, 0.29) is 5.91 Å². The summed E-state index contributed by atoms with van der Waals surface area (Å²) in [7, 11) is 0. The maximum Gasteiger partial charge on any atom is 0.253 e. The Morgan fingerprint density at radius 3 is 2.67 bits per heavy atom. The zero-order chi connectivity index (χ0) is 19.4. The molecule has 0 spiro atoms. The van der Waals surface area contributed by atoms with Crippen LogP contribution in [0.2, 0.25) is 0 Å². The number of carbonyl (C=O) groups excluding carboxylic acids is 1. The van der Waals surface area contributed by atoms with Crippen molar-refractivity contribution >= 4 is 5.91 Å². The van der Waals surface area contributed by atoms with Crippen LogP contribution in [0.1, 0.15) is 54.6 Å². The normalized spacial score (nSPS) is 15.9. The molecule has 1 aromatic carbocycles. The number of benzene rings is 1. The summed E-state index contributed by atoms with van der Waals surface area (Å²) in [6.07, 6.45) is 7.46. The summed E-state index contributed by atoms with van der Waals surface area (Å²) < 4.78 is 2.02. The Morgan fingerprint density at radius 2 is 2.04 bits per heavy atom. The number of aromatic nitrogens is 2. The van der Waals surface area contributed by atoms with Gasteiger partial charge in [0.05, 0.1) is 11.8 Å². The molecule has 1 amide bonds. The first-order valence-corrected chi connectivity index (χ1v) is 9.90. The van der Waals surface area contributed by atoms with E-state index in [9.17, 15) is 9.90 Å². The van der Waals surface area contributed by atoms with Crippen LogP contribution in [-0.2, 0) is 13.0 Å². The van der Waals surface area contributed by atoms with Crippen LogP contribution in [0, 0.1) is 12.8 Å². The summed E-state index contributed by atoms with van der Waals surface area (Å²) in [5, 5.41) is 14.3. The molecular weight excluding hydrogens is 338 g/mol. The second-order valence-corrected chi connectivity index (χ2v) is 8.49. The molecule has 146 valence electrons. The van der Waals surface area contributed by atoms with Crippen molar-refractivity contribution < 1.29 is 9.90 Å². The highest BCUT2D eigenvalue weighted by Gasteiger charge is 2.24. The van der Waals surface area contributed by atoms with Gasteiger partial charge in [0.25, 0.3) is 5.91 Å². The largest absolute Gasteiger partial charge is 0.390 e. The van der Waals surface area contributed by atoms with Crippen LogP contribution >= 0.6 is 0 Å². The van der Waals surface area contributed by atoms with E-state index >= 15 is 0 Å². The highest BCUT2D eigenvalue weighted by atomic mass is 16.3. The lowest BCUT2D eigenvalue weighted by molar-refractivity contribution is 0.0681. The number of carbonyl (C=O) groups is 1.